The van der Waals surface area contributed by atoms with E-state index in [1.807, 2.05) is 11.1 Å². The average Bonchev–Trinajstić information content (AvgIpc) is 3.02. The Balaban J connectivity index is 1.59. The van der Waals surface area contributed by atoms with E-state index in [1.165, 1.54) is 63.4 Å². The lowest BCUT2D eigenvalue weighted by atomic mass is 9.45. The lowest BCUT2D eigenvalue weighted by Crippen LogP contribution is -2.53. The van der Waals surface area contributed by atoms with Crippen LogP contribution < -0.4 is 0 Å². The van der Waals surface area contributed by atoms with Gasteiger partial charge < -0.3 is 5.11 Å². The largest absolute Gasteiger partial charge is 0.393 e. The van der Waals surface area contributed by atoms with Gasteiger partial charge in [-0.2, -0.15) is 0 Å². The first-order valence-electron chi connectivity index (χ1n) is 13.1. The summed E-state index contributed by atoms with van der Waals surface area (Å²) in [6.45, 7) is 16.9. The van der Waals surface area contributed by atoms with E-state index in [9.17, 15) is 5.11 Å². The molecule has 0 spiro atoms. The van der Waals surface area contributed by atoms with E-state index in [0.717, 1.165) is 24.2 Å². The van der Waals surface area contributed by atoms with E-state index in [1.54, 1.807) is 0 Å². The van der Waals surface area contributed by atoms with Crippen molar-refractivity contribution in [2.75, 3.05) is 0 Å². The first-order valence-corrected chi connectivity index (χ1v) is 13.1. The zero-order valence-corrected chi connectivity index (χ0v) is 21.0. The van der Waals surface area contributed by atoms with Crippen LogP contribution in [0.2, 0.25) is 0 Å². The smallest absolute Gasteiger partial charge is 0.0594 e. The Morgan fingerprint density at radius 1 is 0.967 bits per heavy atom. The van der Waals surface area contributed by atoms with Gasteiger partial charge in [0.05, 0.1) is 6.10 Å². The second kappa shape index (κ2) is 7.79. The first kappa shape index (κ1) is 22.6. The van der Waals surface area contributed by atoms with Crippen LogP contribution >= 0.6 is 0 Å². The van der Waals surface area contributed by atoms with Crippen LogP contribution in [0.5, 0.6) is 0 Å². The summed E-state index contributed by atoms with van der Waals surface area (Å²) in [5.41, 5.74) is 6.06. The zero-order valence-electron chi connectivity index (χ0n) is 21.0. The number of rotatable bonds is 4. The minimum atomic E-state index is -0.123. The fraction of sp³-hybridized carbons (Fsp3) is 0.862. The molecule has 0 aliphatic heterocycles. The van der Waals surface area contributed by atoms with E-state index in [4.69, 9.17) is 0 Å². The summed E-state index contributed by atoms with van der Waals surface area (Å²) in [6.07, 6.45) is 15.3. The topological polar surface area (TPSA) is 20.2 Å². The van der Waals surface area contributed by atoms with Gasteiger partial charge in [0.1, 0.15) is 0 Å². The number of fused-ring (bicyclic) bond motifs is 4. The van der Waals surface area contributed by atoms with Gasteiger partial charge in [0.25, 0.3) is 0 Å². The number of aliphatic hydroxyl groups excluding tert-OH is 1. The van der Waals surface area contributed by atoms with Crippen molar-refractivity contribution < 1.29 is 5.11 Å². The lowest BCUT2D eigenvalue weighted by Gasteiger charge is -2.60. The molecule has 7 atom stereocenters. The number of allylic oxidation sites excluding steroid dienone is 4. The molecule has 1 N–H and O–H groups in total. The van der Waals surface area contributed by atoms with E-state index in [0.29, 0.717) is 16.7 Å². The summed E-state index contributed by atoms with van der Waals surface area (Å²) in [4.78, 5) is 0. The summed E-state index contributed by atoms with van der Waals surface area (Å²) < 4.78 is 0. The van der Waals surface area contributed by atoms with E-state index in [2.05, 4.69) is 54.5 Å². The van der Waals surface area contributed by atoms with Gasteiger partial charge in [-0.3, -0.25) is 0 Å². The maximum atomic E-state index is 10.8. The van der Waals surface area contributed by atoms with Gasteiger partial charge in [-0.1, -0.05) is 57.4 Å². The first-order chi connectivity index (χ1) is 14.0. The SMILES string of the molecule is CC(C)=CCC[C@H](C)[C@@H]1CC[C@]2(C)C3=C(CC[C@H]12)[C@]1(C)CC[C@@H](O)C(C)(C)[C@@H]1CC3. The van der Waals surface area contributed by atoms with Crippen LogP contribution in [0.1, 0.15) is 113 Å². The molecule has 2 saturated carbocycles. The molecule has 0 heterocycles. The van der Waals surface area contributed by atoms with Crippen molar-refractivity contribution >= 4 is 0 Å². The number of hydrogen-bond donors (Lipinski definition) is 1. The summed E-state index contributed by atoms with van der Waals surface area (Å²) in [7, 11) is 0. The number of aliphatic hydroxyl groups is 1. The second-order valence-corrected chi connectivity index (χ2v) is 12.9. The normalized spacial score (nSPS) is 43.5. The molecule has 0 amide bonds. The molecule has 0 unspecified atom stereocenters. The third kappa shape index (κ3) is 3.37. The molecule has 170 valence electrons. The number of hydrogen-bond acceptors (Lipinski definition) is 1. The molecular formula is C29H48O. The van der Waals surface area contributed by atoms with Crippen molar-refractivity contribution in [1.82, 2.24) is 0 Å². The van der Waals surface area contributed by atoms with E-state index < -0.39 is 0 Å². The molecule has 4 aliphatic rings. The van der Waals surface area contributed by atoms with Crippen molar-refractivity contribution in [2.24, 2.45) is 39.9 Å². The fourth-order valence-electron chi connectivity index (χ4n) is 9.00. The standard InChI is InChI=1S/C29H48O/c1-19(2)9-8-10-20(3)21-15-17-28(6)22(21)11-12-24-23(28)13-14-25-27(4,5)26(30)16-18-29(24,25)7/h9,20-22,25-26,30H,8,10-18H2,1-7H3/t20-,21-,22+,25-,26+,28-,29-/m0/s1. The summed E-state index contributed by atoms with van der Waals surface area (Å²) in [6, 6.07) is 0. The van der Waals surface area contributed by atoms with Crippen molar-refractivity contribution in [3.05, 3.63) is 22.8 Å². The molecule has 0 aromatic rings. The van der Waals surface area contributed by atoms with Crippen LogP contribution in [0, 0.1) is 39.9 Å². The van der Waals surface area contributed by atoms with E-state index in [-0.39, 0.29) is 11.5 Å². The fourth-order valence-corrected chi connectivity index (χ4v) is 9.00. The van der Waals surface area contributed by atoms with Crippen molar-refractivity contribution in [3.8, 4) is 0 Å². The maximum Gasteiger partial charge on any atom is 0.0594 e. The molecule has 0 bridgehead atoms. The highest BCUT2D eigenvalue weighted by Crippen LogP contribution is 2.68. The van der Waals surface area contributed by atoms with Gasteiger partial charge in [0, 0.05) is 0 Å². The molecule has 0 aromatic heterocycles. The maximum absolute atomic E-state index is 10.8. The molecule has 0 saturated heterocycles. The Labute approximate surface area is 186 Å². The van der Waals surface area contributed by atoms with Crippen LogP contribution in [0.3, 0.4) is 0 Å². The zero-order chi connectivity index (χ0) is 21.9. The Bertz CT molecular complexity index is 723. The van der Waals surface area contributed by atoms with Crippen LogP contribution in [-0.2, 0) is 0 Å². The Kier molecular flexibility index (Phi) is 5.87. The Morgan fingerprint density at radius 2 is 1.60 bits per heavy atom. The average molecular weight is 413 g/mol. The molecule has 1 nitrogen and oxygen atoms in total. The van der Waals surface area contributed by atoms with Gasteiger partial charge in [0.2, 0.25) is 0 Å². The van der Waals surface area contributed by atoms with Gasteiger partial charge in [-0.25, -0.2) is 0 Å². The van der Waals surface area contributed by atoms with Crippen LogP contribution in [-0.4, -0.2) is 11.2 Å². The Morgan fingerprint density at radius 3 is 2.30 bits per heavy atom. The van der Waals surface area contributed by atoms with Crippen molar-refractivity contribution in [3.63, 3.8) is 0 Å². The summed E-state index contributed by atoms with van der Waals surface area (Å²) >= 11 is 0. The highest BCUT2D eigenvalue weighted by molar-refractivity contribution is 5.37. The summed E-state index contributed by atoms with van der Waals surface area (Å²) in [5.74, 6) is 3.32. The van der Waals surface area contributed by atoms with Gasteiger partial charge in [-0.05, 0) is 118 Å². The van der Waals surface area contributed by atoms with Gasteiger partial charge in [0.15, 0.2) is 0 Å². The van der Waals surface area contributed by atoms with Gasteiger partial charge >= 0.3 is 0 Å². The van der Waals surface area contributed by atoms with Crippen LogP contribution in [0.25, 0.3) is 0 Å². The molecule has 4 rings (SSSR count). The van der Waals surface area contributed by atoms with Crippen LogP contribution in [0.15, 0.2) is 22.8 Å². The molecule has 30 heavy (non-hydrogen) atoms. The molecule has 0 aromatic carbocycles. The van der Waals surface area contributed by atoms with E-state index >= 15 is 0 Å². The molecular weight excluding hydrogens is 364 g/mol. The molecule has 2 fully saturated rings. The van der Waals surface area contributed by atoms with Crippen molar-refractivity contribution in [2.45, 2.75) is 119 Å². The second-order valence-electron chi connectivity index (χ2n) is 12.9. The predicted molar refractivity (Wildman–Crippen MR) is 128 cm³/mol. The monoisotopic (exact) mass is 412 g/mol. The highest BCUT2D eigenvalue weighted by Gasteiger charge is 2.59. The molecule has 4 aliphatic carbocycles. The van der Waals surface area contributed by atoms with Gasteiger partial charge in [-0.15, -0.1) is 0 Å². The minimum Gasteiger partial charge on any atom is -0.393 e. The molecule has 1 heteroatoms. The highest BCUT2D eigenvalue weighted by atomic mass is 16.3. The lowest BCUT2D eigenvalue weighted by molar-refractivity contribution is -0.0931. The third-order valence-corrected chi connectivity index (χ3v) is 10.8. The quantitative estimate of drug-likeness (QED) is 0.462. The Hall–Kier alpha value is -0.560. The summed E-state index contributed by atoms with van der Waals surface area (Å²) in [5, 5.41) is 10.8. The van der Waals surface area contributed by atoms with Crippen molar-refractivity contribution in [1.29, 1.82) is 0 Å². The molecule has 0 radical (unpaired) electrons. The predicted octanol–water partition coefficient (Wildman–Crippen LogP) is 8.09. The van der Waals surface area contributed by atoms with Crippen LogP contribution in [0.4, 0.5) is 0 Å². The third-order valence-electron chi connectivity index (χ3n) is 10.8. The minimum absolute atomic E-state index is 0.0565.